The molecule has 0 atom stereocenters. The van der Waals surface area contributed by atoms with Crippen LogP contribution in [0.5, 0.6) is 0 Å². The molecular weight excluding hydrogens is 208 g/mol. The SMILES string of the molecule is Cc1nc(-c2ccccc2)c(C)nc1Cl. The number of aromatic nitrogens is 2. The van der Waals surface area contributed by atoms with Crippen LogP contribution in [0.1, 0.15) is 11.4 Å². The van der Waals surface area contributed by atoms with Crippen LogP contribution >= 0.6 is 11.6 Å². The van der Waals surface area contributed by atoms with Gasteiger partial charge in [-0.2, -0.15) is 0 Å². The van der Waals surface area contributed by atoms with Crippen molar-refractivity contribution in [3.05, 3.63) is 46.9 Å². The van der Waals surface area contributed by atoms with Gasteiger partial charge in [-0.15, -0.1) is 0 Å². The average Bonchev–Trinajstić information content (AvgIpc) is 2.25. The van der Waals surface area contributed by atoms with Gasteiger partial charge in [0.2, 0.25) is 0 Å². The fraction of sp³-hybridized carbons (Fsp3) is 0.167. The summed E-state index contributed by atoms with van der Waals surface area (Å²) < 4.78 is 0. The molecular formula is C12H11ClN2. The van der Waals surface area contributed by atoms with Gasteiger partial charge in [0.1, 0.15) is 0 Å². The maximum atomic E-state index is 5.90. The fourth-order valence-electron chi connectivity index (χ4n) is 1.45. The van der Waals surface area contributed by atoms with Crippen molar-refractivity contribution in [3.8, 4) is 11.3 Å². The lowest BCUT2D eigenvalue weighted by Crippen LogP contribution is -1.96. The summed E-state index contributed by atoms with van der Waals surface area (Å²) >= 11 is 5.90. The van der Waals surface area contributed by atoms with Crippen LogP contribution in [-0.2, 0) is 0 Å². The van der Waals surface area contributed by atoms with E-state index in [9.17, 15) is 0 Å². The molecule has 0 aliphatic rings. The van der Waals surface area contributed by atoms with Crippen molar-refractivity contribution in [1.29, 1.82) is 0 Å². The van der Waals surface area contributed by atoms with Gasteiger partial charge in [0.05, 0.1) is 17.1 Å². The van der Waals surface area contributed by atoms with Crippen LogP contribution in [0.2, 0.25) is 5.15 Å². The third-order valence-corrected chi connectivity index (χ3v) is 2.59. The molecule has 1 aromatic heterocycles. The highest BCUT2D eigenvalue weighted by atomic mass is 35.5. The first-order chi connectivity index (χ1) is 7.18. The molecule has 0 N–H and O–H groups in total. The summed E-state index contributed by atoms with van der Waals surface area (Å²) in [5.74, 6) is 0. The van der Waals surface area contributed by atoms with Crippen molar-refractivity contribution in [3.63, 3.8) is 0 Å². The number of benzene rings is 1. The number of hydrogen-bond acceptors (Lipinski definition) is 2. The molecule has 0 unspecified atom stereocenters. The van der Waals surface area contributed by atoms with Crippen LogP contribution in [-0.4, -0.2) is 9.97 Å². The summed E-state index contributed by atoms with van der Waals surface area (Å²) in [6.07, 6.45) is 0. The lowest BCUT2D eigenvalue weighted by molar-refractivity contribution is 1.07. The van der Waals surface area contributed by atoms with E-state index < -0.39 is 0 Å². The van der Waals surface area contributed by atoms with E-state index in [-0.39, 0.29) is 0 Å². The van der Waals surface area contributed by atoms with Crippen molar-refractivity contribution >= 4 is 11.6 Å². The van der Waals surface area contributed by atoms with Gasteiger partial charge in [-0.3, -0.25) is 0 Å². The van der Waals surface area contributed by atoms with Crippen LogP contribution in [0.15, 0.2) is 30.3 Å². The van der Waals surface area contributed by atoms with Gasteiger partial charge >= 0.3 is 0 Å². The van der Waals surface area contributed by atoms with Gasteiger partial charge in [0.25, 0.3) is 0 Å². The Morgan fingerprint density at radius 1 is 0.933 bits per heavy atom. The molecule has 0 bridgehead atoms. The summed E-state index contributed by atoms with van der Waals surface area (Å²) in [6, 6.07) is 9.99. The Morgan fingerprint density at radius 3 is 2.27 bits per heavy atom. The number of nitrogens with zero attached hydrogens (tertiary/aromatic N) is 2. The van der Waals surface area contributed by atoms with E-state index in [0.717, 1.165) is 22.6 Å². The van der Waals surface area contributed by atoms with Gasteiger partial charge in [-0.1, -0.05) is 41.9 Å². The van der Waals surface area contributed by atoms with E-state index in [1.165, 1.54) is 0 Å². The Morgan fingerprint density at radius 2 is 1.60 bits per heavy atom. The molecule has 2 nitrogen and oxygen atoms in total. The molecule has 0 saturated carbocycles. The van der Waals surface area contributed by atoms with Crippen molar-refractivity contribution in [2.75, 3.05) is 0 Å². The van der Waals surface area contributed by atoms with Gasteiger partial charge in [-0.25, -0.2) is 9.97 Å². The zero-order valence-electron chi connectivity index (χ0n) is 8.66. The highest BCUT2D eigenvalue weighted by Gasteiger charge is 2.07. The lowest BCUT2D eigenvalue weighted by atomic mass is 10.1. The Bertz CT molecular complexity index is 480. The van der Waals surface area contributed by atoms with E-state index in [4.69, 9.17) is 11.6 Å². The number of rotatable bonds is 1. The highest BCUT2D eigenvalue weighted by molar-refractivity contribution is 6.30. The van der Waals surface area contributed by atoms with Crippen molar-refractivity contribution in [2.24, 2.45) is 0 Å². The first kappa shape index (κ1) is 10.1. The molecule has 0 amide bonds. The average molecular weight is 219 g/mol. The minimum atomic E-state index is 0.479. The summed E-state index contributed by atoms with van der Waals surface area (Å²) in [5, 5.41) is 0.479. The van der Waals surface area contributed by atoms with Gasteiger partial charge in [0, 0.05) is 5.56 Å². The zero-order valence-corrected chi connectivity index (χ0v) is 9.42. The molecule has 0 aliphatic heterocycles. The van der Waals surface area contributed by atoms with E-state index in [1.54, 1.807) is 0 Å². The zero-order chi connectivity index (χ0) is 10.8. The van der Waals surface area contributed by atoms with Gasteiger partial charge in [-0.05, 0) is 13.8 Å². The second-order valence-corrected chi connectivity index (χ2v) is 3.76. The topological polar surface area (TPSA) is 25.8 Å². The van der Waals surface area contributed by atoms with Crippen LogP contribution < -0.4 is 0 Å². The van der Waals surface area contributed by atoms with E-state index in [1.807, 2.05) is 44.2 Å². The van der Waals surface area contributed by atoms with Crippen LogP contribution in [0.3, 0.4) is 0 Å². The lowest BCUT2D eigenvalue weighted by Gasteiger charge is -2.06. The van der Waals surface area contributed by atoms with Crippen molar-refractivity contribution in [1.82, 2.24) is 9.97 Å². The summed E-state index contributed by atoms with van der Waals surface area (Å²) in [5.41, 5.74) is 3.60. The summed E-state index contributed by atoms with van der Waals surface area (Å²) in [4.78, 5) is 8.70. The molecule has 76 valence electrons. The van der Waals surface area contributed by atoms with Gasteiger partial charge < -0.3 is 0 Å². The molecule has 0 saturated heterocycles. The van der Waals surface area contributed by atoms with E-state index in [2.05, 4.69) is 9.97 Å². The van der Waals surface area contributed by atoms with Crippen LogP contribution in [0.25, 0.3) is 11.3 Å². The van der Waals surface area contributed by atoms with Crippen LogP contribution in [0.4, 0.5) is 0 Å². The Hall–Kier alpha value is -1.41. The quantitative estimate of drug-likeness (QED) is 0.733. The molecule has 0 spiro atoms. The van der Waals surface area contributed by atoms with E-state index in [0.29, 0.717) is 5.15 Å². The highest BCUT2D eigenvalue weighted by Crippen LogP contribution is 2.22. The molecule has 2 aromatic rings. The van der Waals surface area contributed by atoms with E-state index >= 15 is 0 Å². The van der Waals surface area contributed by atoms with Crippen molar-refractivity contribution < 1.29 is 0 Å². The smallest absolute Gasteiger partial charge is 0.150 e. The Labute approximate surface area is 94.0 Å². The number of aryl methyl sites for hydroxylation is 2. The minimum Gasteiger partial charge on any atom is -0.248 e. The van der Waals surface area contributed by atoms with Gasteiger partial charge in [0.15, 0.2) is 5.15 Å². The fourth-order valence-corrected chi connectivity index (χ4v) is 1.61. The second kappa shape index (κ2) is 3.99. The molecule has 0 fully saturated rings. The summed E-state index contributed by atoms with van der Waals surface area (Å²) in [6.45, 7) is 3.78. The monoisotopic (exact) mass is 218 g/mol. The first-order valence-corrected chi connectivity index (χ1v) is 5.12. The predicted octanol–water partition coefficient (Wildman–Crippen LogP) is 3.41. The molecule has 0 radical (unpaired) electrons. The Balaban J connectivity index is 2.59. The third kappa shape index (κ3) is 2.00. The minimum absolute atomic E-state index is 0.479. The molecule has 1 heterocycles. The normalized spacial score (nSPS) is 10.3. The number of halogens is 1. The molecule has 0 aliphatic carbocycles. The maximum Gasteiger partial charge on any atom is 0.150 e. The predicted molar refractivity (Wildman–Crippen MR) is 62.0 cm³/mol. The third-order valence-electron chi connectivity index (χ3n) is 2.23. The Kier molecular flexibility index (Phi) is 2.69. The molecule has 3 heteroatoms. The summed E-state index contributed by atoms with van der Waals surface area (Å²) in [7, 11) is 0. The second-order valence-electron chi connectivity index (χ2n) is 3.40. The molecule has 1 aromatic carbocycles. The number of hydrogen-bond donors (Lipinski definition) is 0. The largest absolute Gasteiger partial charge is 0.248 e. The maximum absolute atomic E-state index is 5.90. The van der Waals surface area contributed by atoms with Crippen molar-refractivity contribution in [2.45, 2.75) is 13.8 Å². The first-order valence-electron chi connectivity index (χ1n) is 4.74. The van der Waals surface area contributed by atoms with Crippen LogP contribution in [0, 0.1) is 13.8 Å². The molecule has 15 heavy (non-hydrogen) atoms. The standard InChI is InChI=1S/C12H11ClN2/c1-8-11(10-6-4-3-5-7-10)14-9(2)12(13)15-8/h3-7H,1-2H3. The molecule has 2 rings (SSSR count).